The van der Waals surface area contributed by atoms with Crippen LogP contribution in [-0.4, -0.2) is 50.8 Å². The molecule has 8 heteroatoms. The lowest BCUT2D eigenvalue weighted by molar-refractivity contribution is -0.139. The standard InChI is InChI=1S/C34H45N3O4S/c1-7-32(34(39)35-23-25(2)3)36(22-21-28-11-9-8-10-12-28)33(38)24-37(30-17-15-29(16-18-30)26(4)5)42(40,41)31-19-13-27(6)14-20-31/h8-20,25-26,32H,7,21-24H2,1-6H3,(H,35,39). The summed E-state index contributed by atoms with van der Waals surface area (Å²) >= 11 is 0. The third-order valence-electron chi connectivity index (χ3n) is 7.29. The molecule has 0 aromatic heterocycles. The highest BCUT2D eigenvalue weighted by atomic mass is 32.2. The Hall–Kier alpha value is -3.65. The van der Waals surface area contributed by atoms with Crippen molar-refractivity contribution < 1.29 is 18.0 Å². The summed E-state index contributed by atoms with van der Waals surface area (Å²) in [7, 11) is -4.09. The van der Waals surface area contributed by atoms with Gasteiger partial charge in [0.25, 0.3) is 10.0 Å². The highest BCUT2D eigenvalue weighted by Crippen LogP contribution is 2.27. The number of nitrogens with zero attached hydrogens (tertiary/aromatic N) is 2. The van der Waals surface area contributed by atoms with Gasteiger partial charge in [-0.2, -0.15) is 0 Å². The summed E-state index contributed by atoms with van der Waals surface area (Å²) in [5.41, 5.74) is 3.42. The van der Waals surface area contributed by atoms with E-state index in [2.05, 4.69) is 19.2 Å². The zero-order valence-electron chi connectivity index (χ0n) is 25.7. The van der Waals surface area contributed by atoms with Crippen molar-refractivity contribution in [1.82, 2.24) is 10.2 Å². The summed E-state index contributed by atoms with van der Waals surface area (Å²) < 4.78 is 29.2. The number of hydrogen-bond acceptors (Lipinski definition) is 4. The maximum absolute atomic E-state index is 14.1. The first-order chi connectivity index (χ1) is 19.9. The van der Waals surface area contributed by atoms with Crippen molar-refractivity contribution in [1.29, 1.82) is 0 Å². The Morgan fingerprint density at radius 1 is 0.857 bits per heavy atom. The molecule has 0 aliphatic heterocycles. The lowest BCUT2D eigenvalue weighted by Gasteiger charge is -2.33. The highest BCUT2D eigenvalue weighted by Gasteiger charge is 2.33. The van der Waals surface area contributed by atoms with Crippen LogP contribution in [0.1, 0.15) is 63.6 Å². The Bertz CT molecular complexity index is 1400. The van der Waals surface area contributed by atoms with Gasteiger partial charge in [-0.1, -0.05) is 94.8 Å². The molecule has 1 unspecified atom stereocenters. The average molecular weight is 592 g/mol. The lowest BCUT2D eigenvalue weighted by Crippen LogP contribution is -2.53. The summed E-state index contributed by atoms with van der Waals surface area (Å²) in [5, 5.41) is 2.97. The van der Waals surface area contributed by atoms with Gasteiger partial charge in [0.1, 0.15) is 12.6 Å². The third kappa shape index (κ3) is 8.68. The van der Waals surface area contributed by atoms with Crippen molar-refractivity contribution in [3.05, 3.63) is 95.6 Å². The summed E-state index contributed by atoms with van der Waals surface area (Å²) in [4.78, 5) is 29.1. The third-order valence-corrected chi connectivity index (χ3v) is 9.08. The second kappa shape index (κ2) is 15.0. The van der Waals surface area contributed by atoms with Crippen molar-refractivity contribution >= 4 is 27.5 Å². The summed E-state index contributed by atoms with van der Waals surface area (Å²) in [6.07, 6.45) is 0.937. The molecule has 0 saturated heterocycles. The SMILES string of the molecule is CCC(C(=O)NCC(C)C)N(CCc1ccccc1)C(=O)CN(c1ccc(C(C)C)cc1)S(=O)(=O)c1ccc(C)cc1. The van der Waals surface area contributed by atoms with Crippen LogP contribution in [0.5, 0.6) is 0 Å². The van der Waals surface area contributed by atoms with Crippen molar-refractivity contribution in [2.75, 3.05) is 23.9 Å². The number of carbonyl (C=O) groups excluding carboxylic acids is 2. The smallest absolute Gasteiger partial charge is 0.264 e. The van der Waals surface area contributed by atoms with Crippen LogP contribution in [0.2, 0.25) is 0 Å². The molecule has 0 aliphatic carbocycles. The fourth-order valence-electron chi connectivity index (χ4n) is 4.71. The molecule has 3 aromatic rings. The molecule has 7 nitrogen and oxygen atoms in total. The van der Waals surface area contributed by atoms with Crippen LogP contribution < -0.4 is 9.62 Å². The molecule has 0 saturated carbocycles. The van der Waals surface area contributed by atoms with Gasteiger partial charge in [-0.25, -0.2) is 8.42 Å². The van der Waals surface area contributed by atoms with Gasteiger partial charge in [-0.05, 0) is 67.0 Å². The largest absolute Gasteiger partial charge is 0.354 e. The molecule has 226 valence electrons. The van der Waals surface area contributed by atoms with Crippen LogP contribution in [0.3, 0.4) is 0 Å². The predicted molar refractivity (Wildman–Crippen MR) is 170 cm³/mol. The summed E-state index contributed by atoms with van der Waals surface area (Å²) in [6.45, 7) is 12.3. The molecule has 0 aliphatic rings. The van der Waals surface area contributed by atoms with Gasteiger partial charge in [0.2, 0.25) is 11.8 Å². The minimum atomic E-state index is -4.09. The number of anilines is 1. The van der Waals surface area contributed by atoms with Gasteiger partial charge >= 0.3 is 0 Å². The van der Waals surface area contributed by atoms with E-state index in [0.717, 1.165) is 16.7 Å². The van der Waals surface area contributed by atoms with Crippen LogP contribution in [0.15, 0.2) is 83.8 Å². The van der Waals surface area contributed by atoms with Crippen LogP contribution in [0.25, 0.3) is 0 Å². The lowest BCUT2D eigenvalue weighted by atomic mass is 10.0. The molecule has 0 radical (unpaired) electrons. The zero-order valence-corrected chi connectivity index (χ0v) is 26.5. The number of nitrogens with one attached hydrogen (secondary N) is 1. The van der Waals surface area contributed by atoms with E-state index < -0.39 is 28.5 Å². The molecule has 42 heavy (non-hydrogen) atoms. The summed E-state index contributed by atoms with van der Waals surface area (Å²) in [6, 6.07) is 22.9. The van der Waals surface area contributed by atoms with Gasteiger partial charge in [0.15, 0.2) is 0 Å². The van der Waals surface area contributed by atoms with E-state index >= 15 is 0 Å². The number of benzene rings is 3. The van der Waals surface area contributed by atoms with E-state index in [0.29, 0.717) is 25.1 Å². The molecule has 3 rings (SSSR count). The predicted octanol–water partition coefficient (Wildman–Crippen LogP) is 5.94. The first-order valence-corrected chi connectivity index (χ1v) is 16.2. The Labute approximate surface area is 252 Å². The second-order valence-electron chi connectivity index (χ2n) is 11.5. The quantitative estimate of drug-likeness (QED) is 0.252. The van der Waals surface area contributed by atoms with Gasteiger partial charge in [0.05, 0.1) is 10.6 Å². The van der Waals surface area contributed by atoms with Crippen LogP contribution in [0, 0.1) is 12.8 Å². The normalized spacial score (nSPS) is 12.3. The molecular weight excluding hydrogens is 546 g/mol. The van der Waals surface area contributed by atoms with Crippen molar-refractivity contribution in [3.63, 3.8) is 0 Å². The topological polar surface area (TPSA) is 86.8 Å². The van der Waals surface area contributed by atoms with Crippen LogP contribution in [0.4, 0.5) is 5.69 Å². The maximum Gasteiger partial charge on any atom is 0.264 e. The maximum atomic E-state index is 14.1. The monoisotopic (exact) mass is 591 g/mol. The fraction of sp³-hybridized carbons (Fsp3) is 0.412. The van der Waals surface area contributed by atoms with Crippen molar-refractivity contribution in [3.8, 4) is 0 Å². The zero-order chi connectivity index (χ0) is 30.9. The number of aryl methyl sites for hydroxylation is 1. The van der Waals surface area contributed by atoms with Crippen LogP contribution in [-0.2, 0) is 26.0 Å². The molecule has 0 spiro atoms. The number of amides is 2. The molecular formula is C34H45N3O4S. The van der Waals surface area contributed by atoms with E-state index in [1.165, 1.54) is 4.31 Å². The first kappa shape index (κ1) is 32.9. The highest BCUT2D eigenvalue weighted by molar-refractivity contribution is 7.92. The molecule has 0 fully saturated rings. The van der Waals surface area contributed by atoms with Gasteiger partial charge in [-0.15, -0.1) is 0 Å². The first-order valence-electron chi connectivity index (χ1n) is 14.7. The minimum Gasteiger partial charge on any atom is -0.354 e. The molecule has 1 atom stereocenters. The average Bonchev–Trinajstić information content (AvgIpc) is 2.97. The van der Waals surface area contributed by atoms with E-state index in [1.807, 2.05) is 70.2 Å². The molecule has 0 heterocycles. The molecule has 2 amide bonds. The Kier molecular flexibility index (Phi) is 11.7. The van der Waals surface area contributed by atoms with Crippen molar-refractivity contribution in [2.45, 2.75) is 71.2 Å². The Morgan fingerprint density at radius 3 is 2.02 bits per heavy atom. The van der Waals surface area contributed by atoms with E-state index in [4.69, 9.17) is 0 Å². The Morgan fingerprint density at radius 2 is 1.48 bits per heavy atom. The number of rotatable bonds is 14. The molecule has 3 aromatic carbocycles. The van der Waals surface area contributed by atoms with Crippen LogP contribution >= 0.6 is 0 Å². The molecule has 0 bridgehead atoms. The van der Waals surface area contributed by atoms with Gasteiger partial charge < -0.3 is 10.2 Å². The van der Waals surface area contributed by atoms with Gasteiger partial charge in [0, 0.05) is 13.1 Å². The minimum absolute atomic E-state index is 0.103. The number of sulfonamides is 1. The molecule has 1 N–H and O–H groups in total. The van der Waals surface area contributed by atoms with E-state index in [1.54, 1.807) is 41.3 Å². The Balaban J connectivity index is 2.01. The van der Waals surface area contributed by atoms with Gasteiger partial charge in [-0.3, -0.25) is 13.9 Å². The number of carbonyl (C=O) groups is 2. The summed E-state index contributed by atoms with van der Waals surface area (Å²) in [5.74, 6) is -0.141. The number of hydrogen-bond donors (Lipinski definition) is 1. The second-order valence-corrected chi connectivity index (χ2v) is 13.3. The van der Waals surface area contributed by atoms with E-state index in [-0.39, 0.29) is 29.2 Å². The van der Waals surface area contributed by atoms with Crippen molar-refractivity contribution in [2.24, 2.45) is 5.92 Å². The fourth-order valence-corrected chi connectivity index (χ4v) is 6.12. The van der Waals surface area contributed by atoms with E-state index in [9.17, 15) is 18.0 Å².